The summed E-state index contributed by atoms with van der Waals surface area (Å²) in [5, 5.41) is 20.2. The number of hydrogen-bond donors (Lipinski definition) is 2. The minimum Gasteiger partial charge on any atom is -0.507 e. The summed E-state index contributed by atoms with van der Waals surface area (Å²) in [6, 6.07) is 5.40. The maximum absolute atomic E-state index is 12.3. The molecule has 0 aromatic heterocycles. The summed E-state index contributed by atoms with van der Waals surface area (Å²) in [5.74, 6) is -2.77. The van der Waals surface area contributed by atoms with E-state index < -0.39 is 41.8 Å². The zero-order chi connectivity index (χ0) is 20.4. The maximum Gasteiger partial charge on any atom is 0.573 e. The van der Waals surface area contributed by atoms with Gasteiger partial charge in [0, 0.05) is 11.6 Å². The third-order valence-corrected chi connectivity index (χ3v) is 3.67. The quantitative estimate of drug-likeness (QED) is 0.605. The van der Waals surface area contributed by atoms with Crippen molar-refractivity contribution >= 4 is 11.8 Å². The summed E-state index contributed by atoms with van der Waals surface area (Å²) in [4.78, 5) is 23.7. The van der Waals surface area contributed by atoms with E-state index in [1.165, 1.54) is 12.1 Å². The number of hydrogen-bond acceptors (Lipinski definition) is 6. The lowest BCUT2D eigenvalue weighted by Crippen LogP contribution is -2.17. The lowest BCUT2D eigenvalue weighted by Gasteiger charge is -2.17. The Morgan fingerprint density at radius 1 is 1.07 bits per heavy atom. The number of aromatic hydroxyl groups is 2. The first-order valence-corrected chi connectivity index (χ1v) is 7.55. The molecule has 0 spiro atoms. The Hall–Kier alpha value is -3.23. The molecule has 0 radical (unpaired) electrons. The normalized spacial score (nSPS) is 11.1. The summed E-state index contributed by atoms with van der Waals surface area (Å²) >= 11 is 0. The third-order valence-electron chi connectivity index (χ3n) is 3.67. The number of carbonyl (C=O) groups excluding carboxylic acids is 2. The molecule has 0 bridgehead atoms. The zero-order valence-corrected chi connectivity index (χ0v) is 14.3. The number of Topliss-reactive ketones (excluding diaryl/α,β-unsaturated/α-hetero) is 1. The first-order valence-electron chi connectivity index (χ1n) is 7.55. The van der Waals surface area contributed by atoms with Crippen LogP contribution in [-0.4, -0.2) is 35.4 Å². The van der Waals surface area contributed by atoms with Crippen LogP contribution in [0.25, 0.3) is 11.1 Å². The number of phenols is 2. The lowest BCUT2D eigenvalue weighted by atomic mass is 9.90. The van der Waals surface area contributed by atoms with Gasteiger partial charge in [-0.1, -0.05) is 12.1 Å². The van der Waals surface area contributed by atoms with Crippen LogP contribution in [0.15, 0.2) is 30.3 Å². The second kappa shape index (κ2) is 7.56. The smallest absolute Gasteiger partial charge is 0.507 e. The second-order valence-corrected chi connectivity index (χ2v) is 5.52. The molecule has 144 valence electrons. The van der Waals surface area contributed by atoms with Crippen LogP contribution in [0, 0.1) is 0 Å². The molecule has 2 rings (SSSR count). The molecule has 2 aromatic rings. The minimum atomic E-state index is -4.86. The van der Waals surface area contributed by atoms with E-state index in [2.05, 4.69) is 9.47 Å². The number of rotatable bonds is 5. The summed E-state index contributed by atoms with van der Waals surface area (Å²) in [6.07, 6.45) is -5.30. The van der Waals surface area contributed by atoms with Gasteiger partial charge < -0.3 is 19.7 Å². The highest BCUT2D eigenvalue weighted by Gasteiger charge is 2.31. The summed E-state index contributed by atoms with van der Waals surface area (Å²) in [5.41, 5.74) is 0.0329. The Morgan fingerprint density at radius 3 is 2.15 bits per heavy atom. The Labute approximate surface area is 151 Å². The molecule has 2 N–H and O–H groups in total. The topological polar surface area (TPSA) is 93.1 Å². The molecule has 0 saturated heterocycles. The van der Waals surface area contributed by atoms with Crippen LogP contribution in [0.1, 0.15) is 22.8 Å². The van der Waals surface area contributed by atoms with E-state index >= 15 is 0 Å². The fourth-order valence-corrected chi connectivity index (χ4v) is 2.64. The molecule has 0 aliphatic heterocycles. The first kappa shape index (κ1) is 20.1. The van der Waals surface area contributed by atoms with Crippen molar-refractivity contribution in [3.05, 3.63) is 41.5 Å². The van der Waals surface area contributed by atoms with Gasteiger partial charge in [-0.05, 0) is 30.2 Å². The number of phenolic OH excluding ortho intramolecular Hbond substituents is 2. The fraction of sp³-hybridized carbons (Fsp3) is 0.222. The van der Waals surface area contributed by atoms with Gasteiger partial charge in [-0.3, -0.25) is 9.59 Å². The van der Waals surface area contributed by atoms with Crippen molar-refractivity contribution in [3.63, 3.8) is 0 Å². The van der Waals surface area contributed by atoms with Crippen molar-refractivity contribution in [1.29, 1.82) is 0 Å². The molecule has 6 nitrogen and oxygen atoms in total. The highest BCUT2D eigenvalue weighted by atomic mass is 19.4. The van der Waals surface area contributed by atoms with Crippen molar-refractivity contribution in [2.45, 2.75) is 19.7 Å². The van der Waals surface area contributed by atoms with Crippen LogP contribution in [0.4, 0.5) is 13.2 Å². The van der Waals surface area contributed by atoms with Gasteiger partial charge in [0.05, 0.1) is 19.1 Å². The van der Waals surface area contributed by atoms with E-state index in [0.717, 1.165) is 32.2 Å². The highest BCUT2D eigenvalue weighted by molar-refractivity contribution is 6.02. The van der Waals surface area contributed by atoms with E-state index in [0.29, 0.717) is 0 Å². The number of methoxy groups -OCH3 is 1. The van der Waals surface area contributed by atoms with Crippen LogP contribution in [0.3, 0.4) is 0 Å². The number of ketones is 1. The molecule has 27 heavy (non-hydrogen) atoms. The van der Waals surface area contributed by atoms with Crippen molar-refractivity contribution in [1.82, 2.24) is 0 Å². The van der Waals surface area contributed by atoms with Gasteiger partial charge in [0.2, 0.25) is 0 Å². The molecule has 0 aliphatic rings. The van der Waals surface area contributed by atoms with Gasteiger partial charge in [-0.25, -0.2) is 0 Å². The molecule has 0 saturated carbocycles. The van der Waals surface area contributed by atoms with Crippen LogP contribution in [-0.2, 0) is 16.0 Å². The average Bonchev–Trinajstić information content (AvgIpc) is 2.54. The van der Waals surface area contributed by atoms with Crippen LogP contribution in [0.5, 0.6) is 17.2 Å². The molecule has 0 fully saturated rings. The van der Waals surface area contributed by atoms with Gasteiger partial charge in [-0.2, -0.15) is 0 Å². The van der Waals surface area contributed by atoms with Gasteiger partial charge in [-0.15, -0.1) is 13.2 Å². The highest BCUT2D eigenvalue weighted by Crippen LogP contribution is 2.40. The number of benzene rings is 2. The molecule has 0 amide bonds. The van der Waals surface area contributed by atoms with Crippen LogP contribution in [0.2, 0.25) is 0 Å². The van der Waals surface area contributed by atoms with Crippen molar-refractivity contribution in [3.8, 4) is 28.4 Å². The van der Waals surface area contributed by atoms with Gasteiger partial charge >= 0.3 is 12.3 Å². The van der Waals surface area contributed by atoms with E-state index in [-0.39, 0.29) is 22.3 Å². The predicted molar refractivity (Wildman–Crippen MR) is 87.6 cm³/mol. The molecule has 0 heterocycles. The number of carbonyl (C=O) groups is 2. The molecule has 0 aliphatic carbocycles. The average molecular weight is 384 g/mol. The Kier molecular flexibility index (Phi) is 5.63. The minimum absolute atomic E-state index is 0.00339. The van der Waals surface area contributed by atoms with Gasteiger partial charge in [0.25, 0.3) is 0 Å². The summed E-state index contributed by atoms with van der Waals surface area (Å²) in [6.45, 7) is 1.16. The molecular formula is C18H15F3O6. The zero-order valence-electron chi connectivity index (χ0n) is 14.3. The molecular weight excluding hydrogens is 369 g/mol. The van der Waals surface area contributed by atoms with E-state index in [1.807, 2.05) is 0 Å². The third kappa shape index (κ3) is 4.69. The number of esters is 1. The monoisotopic (exact) mass is 384 g/mol. The van der Waals surface area contributed by atoms with Crippen LogP contribution >= 0.6 is 0 Å². The predicted octanol–water partition coefficient (Wildman–Crippen LogP) is 3.58. The fourth-order valence-electron chi connectivity index (χ4n) is 2.64. The Morgan fingerprint density at radius 2 is 1.67 bits per heavy atom. The number of alkyl halides is 3. The summed E-state index contributed by atoms with van der Waals surface area (Å²) in [7, 11) is 1.13. The van der Waals surface area contributed by atoms with E-state index in [4.69, 9.17) is 0 Å². The molecule has 9 heteroatoms. The van der Waals surface area contributed by atoms with Crippen molar-refractivity contribution in [2.24, 2.45) is 0 Å². The second-order valence-electron chi connectivity index (χ2n) is 5.52. The van der Waals surface area contributed by atoms with Gasteiger partial charge in [0.1, 0.15) is 17.2 Å². The van der Waals surface area contributed by atoms with E-state index in [1.54, 1.807) is 0 Å². The van der Waals surface area contributed by atoms with Crippen molar-refractivity contribution in [2.75, 3.05) is 7.11 Å². The SMILES string of the molecule is COC(=O)Cc1c(C(C)=O)c(O)cc(O)c1-c1ccc(OC(F)(F)F)cc1. The van der Waals surface area contributed by atoms with E-state index in [9.17, 15) is 33.0 Å². The standard InChI is InChI=1S/C18H15F3O6/c1-9(22)16-12(7-15(25)26-2)17(14(24)8-13(16)23)10-3-5-11(6-4-10)27-18(19,20)21/h3-6,8,23-24H,7H2,1-2H3. The molecule has 0 atom stereocenters. The maximum atomic E-state index is 12.3. The first-order chi connectivity index (χ1) is 12.5. The van der Waals surface area contributed by atoms with Crippen molar-refractivity contribution < 1.29 is 42.4 Å². The Balaban J connectivity index is 2.62. The Bertz CT molecular complexity index is 872. The molecule has 2 aromatic carbocycles. The summed E-state index contributed by atoms with van der Waals surface area (Å²) < 4.78 is 45.2. The largest absolute Gasteiger partial charge is 0.573 e. The van der Waals surface area contributed by atoms with Gasteiger partial charge in [0.15, 0.2) is 5.78 Å². The lowest BCUT2D eigenvalue weighted by molar-refractivity contribution is -0.274. The number of ether oxygens (including phenoxy) is 2. The number of halogens is 3. The molecule has 0 unspecified atom stereocenters. The van der Waals surface area contributed by atoms with Crippen LogP contribution < -0.4 is 4.74 Å².